The fourth-order valence-corrected chi connectivity index (χ4v) is 1.47. The Kier molecular flexibility index (Phi) is 4.59. The minimum Gasteiger partial charge on any atom is -0.352 e. The summed E-state index contributed by atoms with van der Waals surface area (Å²) in [5.41, 5.74) is 1.39. The lowest BCUT2D eigenvalue weighted by Gasteiger charge is -2.02. The van der Waals surface area contributed by atoms with E-state index in [1.54, 1.807) is 17.9 Å². The van der Waals surface area contributed by atoms with E-state index in [0.29, 0.717) is 12.1 Å². The second-order valence-corrected chi connectivity index (χ2v) is 3.72. The molecule has 0 radical (unpaired) electrons. The van der Waals surface area contributed by atoms with Gasteiger partial charge in [-0.2, -0.15) is 5.10 Å². The fraction of sp³-hybridized carbons (Fsp3) is 0.500. The van der Waals surface area contributed by atoms with E-state index >= 15 is 0 Å². The molecule has 0 fully saturated rings. The van der Waals surface area contributed by atoms with Gasteiger partial charge in [-0.25, -0.2) is 0 Å². The van der Waals surface area contributed by atoms with Crippen LogP contribution in [0.4, 0.5) is 0 Å². The van der Waals surface area contributed by atoms with Crippen LogP contribution in [0.3, 0.4) is 0 Å². The molecule has 4 nitrogen and oxygen atoms in total. The summed E-state index contributed by atoms with van der Waals surface area (Å²) in [6.45, 7) is 2.49. The maximum absolute atomic E-state index is 11.7. The SMILES string of the molecule is C#CCCCCNC(=O)c1cn(C)nc1C. The lowest BCUT2D eigenvalue weighted by atomic mass is 10.2. The minimum absolute atomic E-state index is 0.0636. The van der Waals surface area contributed by atoms with Crippen LogP contribution in [0.5, 0.6) is 0 Å². The van der Waals surface area contributed by atoms with Crippen LogP contribution in [0.25, 0.3) is 0 Å². The maximum Gasteiger partial charge on any atom is 0.254 e. The summed E-state index contributed by atoms with van der Waals surface area (Å²) in [4.78, 5) is 11.7. The Labute approximate surface area is 96.0 Å². The van der Waals surface area contributed by atoms with Crippen LogP contribution in [0, 0.1) is 19.3 Å². The molecule has 1 heterocycles. The predicted molar refractivity (Wildman–Crippen MR) is 63.0 cm³/mol. The second kappa shape index (κ2) is 5.96. The number of unbranched alkanes of at least 4 members (excludes halogenated alkanes) is 2. The molecule has 1 aromatic rings. The Morgan fingerprint density at radius 3 is 2.94 bits per heavy atom. The van der Waals surface area contributed by atoms with Gasteiger partial charge in [0.05, 0.1) is 11.3 Å². The Morgan fingerprint density at radius 1 is 1.62 bits per heavy atom. The van der Waals surface area contributed by atoms with E-state index in [4.69, 9.17) is 6.42 Å². The van der Waals surface area contributed by atoms with E-state index in [1.807, 2.05) is 6.92 Å². The largest absolute Gasteiger partial charge is 0.352 e. The van der Waals surface area contributed by atoms with Gasteiger partial charge in [0.15, 0.2) is 0 Å². The first-order valence-corrected chi connectivity index (χ1v) is 5.37. The molecule has 0 spiro atoms. The van der Waals surface area contributed by atoms with Crippen molar-refractivity contribution in [2.75, 3.05) is 6.54 Å². The Hall–Kier alpha value is -1.76. The Morgan fingerprint density at radius 2 is 2.38 bits per heavy atom. The van der Waals surface area contributed by atoms with Gasteiger partial charge in [0, 0.05) is 26.2 Å². The molecule has 0 aliphatic rings. The summed E-state index contributed by atoms with van der Waals surface area (Å²) in [5, 5.41) is 6.97. The molecule has 0 aliphatic heterocycles. The number of aryl methyl sites for hydroxylation is 2. The lowest BCUT2D eigenvalue weighted by Crippen LogP contribution is -2.24. The number of hydrogen-bond acceptors (Lipinski definition) is 2. The zero-order valence-corrected chi connectivity index (χ0v) is 9.79. The van der Waals surface area contributed by atoms with Crippen molar-refractivity contribution in [3.8, 4) is 12.3 Å². The van der Waals surface area contributed by atoms with Crippen LogP contribution >= 0.6 is 0 Å². The highest BCUT2D eigenvalue weighted by molar-refractivity contribution is 5.94. The molecule has 0 aliphatic carbocycles. The van der Waals surface area contributed by atoms with Crippen LogP contribution < -0.4 is 5.32 Å². The highest BCUT2D eigenvalue weighted by Gasteiger charge is 2.11. The Balaban J connectivity index is 2.36. The molecular formula is C12H17N3O. The van der Waals surface area contributed by atoms with Crippen LogP contribution in [0.15, 0.2) is 6.20 Å². The van der Waals surface area contributed by atoms with Crippen molar-refractivity contribution in [3.63, 3.8) is 0 Å². The maximum atomic E-state index is 11.7. The van der Waals surface area contributed by atoms with Crippen molar-refractivity contribution in [2.24, 2.45) is 7.05 Å². The van der Waals surface area contributed by atoms with Gasteiger partial charge in [0.2, 0.25) is 0 Å². The molecule has 86 valence electrons. The monoisotopic (exact) mass is 219 g/mol. The number of amides is 1. The normalized spacial score (nSPS) is 9.81. The molecule has 0 aromatic carbocycles. The van der Waals surface area contributed by atoms with Crippen molar-refractivity contribution < 1.29 is 4.79 Å². The molecule has 1 aromatic heterocycles. The van der Waals surface area contributed by atoms with Gasteiger partial charge in [-0.3, -0.25) is 9.48 Å². The second-order valence-electron chi connectivity index (χ2n) is 3.72. The zero-order chi connectivity index (χ0) is 12.0. The average molecular weight is 219 g/mol. The van der Waals surface area contributed by atoms with E-state index in [0.717, 1.165) is 25.0 Å². The van der Waals surface area contributed by atoms with Gasteiger partial charge in [0.1, 0.15) is 0 Å². The van der Waals surface area contributed by atoms with Crippen LogP contribution in [-0.4, -0.2) is 22.2 Å². The number of rotatable bonds is 5. The Bertz CT molecular complexity index is 401. The quantitative estimate of drug-likeness (QED) is 0.598. The highest BCUT2D eigenvalue weighted by atomic mass is 16.1. The molecule has 1 amide bonds. The summed E-state index contributed by atoms with van der Waals surface area (Å²) < 4.78 is 1.64. The summed E-state index contributed by atoms with van der Waals surface area (Å²) >= 11 is 0. The van der Waals surface area contributed by atoms with Gasteiger partial charge in [-0.1, -0.05) is 0 Å². The molecule has 0 atom stereocenters. The summed E-state index contributed by atoms with van der Waals surface area (Å²) in [7, 11) is 1.80. The first kappa shape index (κ1) is 12.3. The third-order valence-electron chi connectivity index (χ3n) is 2.29. The number of nitrogens with zero attached hydrogens (tertiary/aromatic N) is 2. The van der Waals surface area contributed by atoms with Crippen molar-refractivity contribution in [1.82, 2.24) is 15.1 Å². The van der Waals surface area contributed by atoms with Crippen molar-refractivity contribution in [1.29, 1.82) is 0 Å². The van der Waals surface area contributed by atoms with Gasteiger partial charge < -0.3 is 5.32 Å². The molecule has 16 heavy (non-hydrogen) atoms. The molecule has 1 N–H and O–H groups in total. The lowest BCUT2D eigenvalue weighted by molar-refractivity contribution is 0.0952. The summed E-state index contributed by atoms with van der Waals surface area (Å²) in [6.07, 6.45) is 9.49. The van der Waals surface area contributed by atoms with Gasteiger partial charge >= 0.3 is 0 Å². The molecule has 0 bridgehead atoms. The minimum atomic E-state index is -0.0636. The molecule has 0 unspecified atom stereocenters. The van der Waals surface area contributed by atoms with E-state index < -0.39 is 0 Å². The molecular weight excluding hydrogens is 202 g/mol. The third kappa shape index (κ3) is 3.43. The predicted octanol–water partition coefficient (Wildman–Crippen LogP) is 1.26. The van der Waals surface area contributed by atoms with Crippen LogP contribution in [0.1, 0.15) is 35.3 Å². The number of terminal acetylenes is 1. The van der Waals surface area contributed by atoms with E-state index in [1.165, 1.54) is 0 Å². The van der Waals surface area contributed by atoms with Crippen molar-refractivity contribution >= 4 is 5.91 Å². The standard InChI is InChI=1S/C12H17N3O/c1-4-5-6-7-8-13-12(16)11-9-15(3)14-10(11)2/h1,9H,5-8H2,2-3H3,(H,13,16). The summed E-state index contributed by atoms with van der Waals surface area (Å²) in [6, 6.07) is 0. The number of carbonyl (C=O) groups is 1. The van der Waals surface area contributed by atoms with Crippen molar-refractivity contribution in [3.05, 3.63) is 17.5 Å². The zero-order valence-electron chi connectivity index (χ0n) is 9.79. The van der Waals surface area contributed by atoms with E-state index in [9.17, 15) is 4.79 Å². The number of aromatic nitrogens is 2. The van der Waals surface area contributed by atoms with Crippen LogP contribution in [-0.2, 0) is 7.05 Å². The first-order chi connectivity index (χ1) is 7.65. The number of nitrogens with one attached hydrogen (secondary N) is 1. The summed E-state index contributed by atoms with van der Waals surface area (Å²) in [5.74, 6) is 2.51. The molecule has 0 saturated heterocycles. The van der Waals surface area contributed by atoms with Crippen LogP contribution in [0.2, 0.25) is 0 Å². The fourth-order valence-electron chi connectivity index (χ4n) is 1.47. The van der Waals surface area contributed by atoms with Gasteiger partial charge in [-0.05, 0) is 19.8 Å². The van der Waals surface area contributed by atoms with Gasteiger partial charge in [-0.15, -0.1) is 12.3 Å². The molecule has 1 rings (SSSR count). The topological polar surface area (TPSA) is 46.9 Å². The first-order valence-electron chi connectivity index (χ1n) is 5.37. The molecule has 0 saturated carbocycles. The van der Waals surface area contributed by atoms with Gasteiger partial charge in [0.25, 0.3) is 5.91 Å². The highest BCUT2D eigenvalue weighted by Crippen LogP contribution is 2.04. The third-order valence-corrected chi connectivity index (χ3v) is 2.29. The van der Waals surface area contributed by atoms with E-state index in [2.05, 4.69) is 16.3 Å². The number of hydrogen-bond donors (Lipinski definition) is 1. The average Bonchev–Trinajstić information content (AvgIpc) is 2.57. The number of carbonyl (C=O) groups excluding carboxylic acids is 1. The smallest absolute Gasteiger partial charge is 0.254 e. The molecule has 4 heteroatoms. The van der Waals surface area contributed by atoms with E-state index in [-0.39, 0.29) is 5.91 Å². The van der Waals surface area contributed by atoms with Crippen molar-refractivity contribution in [2.45, 2.75) is 26.2 Å².